The average molecular weight is 346 g/mol. The van der Waals surface area contributed by atoms with Gasteiger partial charge in [-0.05, 0) is 13.0 Å². The monoisotopic (exact) mass is 345 g/mol. The van der Waals surface area contributed by atoms with E-state index in [2.05, 4.69) is 14.8 Å². The van der Waals surface area contributed by atoms with Crippen molar-refractivity contribution >= 4 is 27.3 Å². The lowest BCUT2D eigenvalue weighted by Gasteiger charge is -2.14. The van der Waals surface area contributed by atoms with E-state index in [4.69, 9.17) is 11.6 Å². The first-order valence-corrected chi connectivity index (χ1v) is 7.94. The molecule has 0 aliphatic heterocycles. The molecule has 1 heterocycles. The van der Waals surface area contributed by atoms with E-state index in [0.717, 1.165) is 18.2 Å². The Morgan fingerprint density at radius 3 is 2.77 bits per heavy atom. The first kappa shape index (κ1) is 16.3. The summed E-state index contributed by atoms with van der Waals surface area (Å²) in [5, 5.41) is 14.3. The number of hydrogen-bond donors (Lipinski definition) is 1. The molecule has 0 amide bonds. The lowest BCUT2D eigenvalue weighted by Crippen LogP contribution is -2.35. The number of non-ortho nitro benzene ring substituents is 1. The summed E-state index contributed by atoms with van der Waals surface area (Å²) < 4.78 is 28.4. The van der Waals surface area contributed by atoms with Crippen molar-refractivity contribution in [3.8, 4) is 0 Å². The van der Waals surface area contributed by atoms with Gasteiger partial charge in [-0.15, -0.1) is 0 Å². The number of halogens is 1. The predicted octanol–water partition coefficient (Wildman–Crippen LogP) is 1.21. The number of aromatic nitrogens is 3. The minimum absolute atomic E-state index is 0.213. The van der Waals surface area contributed by atoms with E-state index >= 15 is 0 Å². The third-order valence-corrected chi connectivity index (χ3v) is 4.77. The van der Waals surface area contributed by atoms with Gasteiger partial charge < -0.3 is 0 Å². The zero-order valence-corrected chi connectivity index (χ0v) is 13.0. The third-order valence-electron chi connectivity index (χ3n) is 2.70. The molecule has 0 bridgehead atoms. The molecule has 1 atom stereocenters. The smallest absolute Gasteiger partial charge is 0.258 e. The molecular formula is C11H12ClN5O4S. The second-order valence-electron chi connectivity index (χ2n) is 4.51. The van der Waals surface area contributed by atoms with Gasteiger partial charge in [-0.1, -0.05) is 11.6 Å². The van der Waals surface area contributed by atoms with Gasteiger partial charge in [-0.3, -0.25) is 14.8 Å². The fourth-order valence-electron chi connectivity index (χ4n) is 1.79. The van der Waals surface area contributed by atoms with Crippen molar-refractivity contribution in [2.24, 2.45) is 0 Å². The van der Waals surface area contributed by atoms with Crippen LogP contribution in [-0.2, 0) is 16.6 Å². The number of benzene rings is 1. The maximum Gasteiger partial charge on any atom is 0.271 e. The highest BCUT2D eigenvalue weighted by Gasteiger charge is 2.22. The van der Waals surface area contributed by atoms with Gasteiger partial charge >= 0.3 is 0 Å². The highest BCUT2D eigenvalue weighted by atomic mass is 35.5. The summed E-state index contributed by atoms with van der Waals surface area (Å²) >= 11 is 5.83. The normalized spacial score (nSPS) is 13.0. The molecule has 0 radical (unpaired) electrons. The molecule has 2 rings (SSSR count). The van der Waals surface area contributed by atoms with E-state index in [9.17, 15) is 18.5 Å². The van der Waals surface area contributed by atoms with E-state index in [1.165, 1.54) is 17.3 Å². The maximum atomic E-state index is 12.3. The van der Waals surface area contributed by atoms with Gasteiger partial charge in [0, 0.05) is 18.2 Å². The summed E-state index contributed by atoms with van der Waals surface area (Å²) in [6.07, 6.45) is 2.80. The second kappa shape index (κ2) is 6.38. The van der Waals surface area contributed by atoms with E-state index in [1.807, 2.05) is 0 Å². The average Bonchev–Trinajstić information content (AvgIpc) is 2.90. The van der Waals surface area contributed by atoms with Crippen molar-refractivity contribution in [3.63, 3.8) is 0 Å². The van der Waals surface area contributed by atoms with Crippen LogP contribution in [0.5, 0.6) is 0 Å². The van der Waals surface area contributed by atoms with Crippen molar-refractivity contribution in [2.45, 2.75) is 24.4 Å². The van der Waals surface area contributed by atoms with Crippen LogP contribution >= 0.6 is 11.6 Å². The fourth-order valence-corrected chi connectivity index (χ4v) is 3.57. The molecule has 0 aliphatic rings. The zero-order chi connectivity index (χ0) is 16.3. The Balaban J connectivity index is 2.18. The van der Waals surface area contributed by atoms with E-state index in [1.54, 1.807) is 6.92 Å². The SMILES string of the molecule is C[C@@H](Cn1cncn1)NS(=O)(=O)c1ccc([N+](=O)[O-])cc1Cl. The minimum atomic E-state index is -3.90. The number of sulfonamides is 1. The van der Waals surface area contributed by atoms with Crippen LogP contribution in [0.15, 0.2) is 35.7 Å². The van der Waals surface area contributed by atoms with Crippen molar-refractivity contribution < 1.29 is 13.3 Å². The van der Waals surface area contributed by atoms with Crippen molar-refractivity contribution in [2.75, 3.05) is 0 Å². The van der Waals surface area contributed by atoms with Crippen molar-refractivity contribution in [1.29, 1.82) is 0 Å². The topological polar surface area (TPSA) is 120 Å². The molecule has 1 aromatic heterocycles. The Bertz CT molecular complexity index is 778. The van der Waals surface area contributed by atoms with Gasteiger partial charge in [-0.25, -0.2) is 18.1 Å². The Hall–Kier alpha value is -2.04. The van der Waals surface area contributed by atoms with Crippen LogP contribution in [0.1, 0.15) is 6.92 Å². The molecular weight excluding hydrogens is 334 g/mol. The fraction of sp³-hybridized carbons (Fsp3) is 0.273. The molecule has 22 heavy (non-hydrogen) atoms. The summed E-state index contributed by atoms with van der Waals surface area (Å²) in [5.74, 6) is 0. The Morgan fingerprint density at radius 2 is 2.23 bits per heavy atom. The summed E-state index contributed by atoms with van der Waals surface area (Å²) in [6, 6.07) is 2.71. The van der Waals surface area contributed by atoms with Crippen LogP contribution in [0.4, 0.5) is 5.69 Å². The van der Waals surface area contributed by atoms with Crippen LogP contribution in [0, 0.1) is 10.1 Å². The summed E-state index contributed by atoms with van der Waals surface area (Å²) in [5.41, 5.74) is -0.278. The predicted molar refractivity (Wildman–Crippen MR) is 77.9 cm³/mol. The quantitative estimate of drug-likeness (QED) is 0.620. The summed E-state index contributed by atoms with van der Waals surface area (Å²) in [6.45, 7) is 1.93. The van der Waals surface area contributed by atoms with E-state index in [0.29, 0.717) is 0 Å². The minimum Gasteiger partial charge on any atom is -0.258 e. The van der Waals surface area contributed by atoms with Gasteiger partial charge in [0.1, 0.15) is 17.6 Å². The van der Waals surface area contributed by atoms with Gasteiger partial charge in [0.2, 0.25) is 10.0 Å². The largest absolute Gasteiger partial charge is 0.271 e. The Kier molecular flexibility index (Phi) is 4.74. The number of hydrogen-bond acceptors (Lipinski definition) is 6. The zero-order valence-electron chi connectivity index (χ0n) is 11.4. The molecule has 0 unspecified atom stereocenters. The van der Waals surface area contributed by atoms with Crippen molar-refractivity contribution in [3.05, 3.63) is 46.0 Å². The Labute approximate surface area is 131 Å². The number of nitrogens with zero attached hydrogens (tertiary/aromatic N) is 4. The van der Waals surface area contributed by atoms with E-state index < -0.39 is 21.0 Å². The summed E-state index contributed by atoms with van der Waals surface area (Å²) in [7, 11) is -3.90. The van der Waals surface area contributed by atoms with Gasteiger partial charge in [0.05, 0.1) is 16.5 Å². The molecule has 0 fully saturated rings. The first-order valence-electron chi connectivity index (χ1n) is 6.08. The third kappa shape index (κ3) is 3.78. The van der Waals surface area contributed by atoms with E-state index in [-0.39, 0.29) is 22.2 Å². The number of nitro groups is 1. The molecule has 1 N–H and O–H groups in total. The molecule has 0 saturated heterocycles. The lowest BCUT2D eigenvalue weighted by molar-refractivity contribution is -0.384. The van der Waals surface area contributed by atoms with Gasteiger partial charge in [-0.2, -0.15) is 5.10 Å². The first-order chi connectivity index (χ1) is 10.3. The lowest BCUT2D eigenvalue weighted by atomic mass is 10.3. The van der Waals surface area contributed by atoms with Crippen LogP contribution in [0.25, 0.3) is 0 Å². The molecule has 1 aromatic carbocycles. The summed E-state index contributed by atoms with van der Waals surface area (Å²) in [4.78, 5) is 13.5. The molecule has 0 spiro atoms. The number of rotatable bonds is 6. The van der Waals surface area contributed by atoms with Crippen LogP contribution in [0.2, 0.25) is 5.02 Å². The highest BCUT2D eigenvalue weighted by molar-refractivity contribution is 7.89. The van der Waals surface area contributed by atoms with Gasteiger partial charge in [0.15, 0.2) is 0 Å². The standard InChI is InChI=1S/C11H12ClN5O4S/c1-8(5-16-7-13-6-14-16)15-22(20,21)11-3-2-9(17(18)19)4-10(11)12/h2-4,6-8,15H,5H2,1H3/t8-/m0/s1. The molecule has 118 valence electrons. The number of nitro benzene ring substituents is 1. The molecule has 0 saturated carbocycles. The number of nitrogens with one attached hydrogen (secondary N) is 1. The highest BCUT2D eigenvalue weighted by Crippen LogP contribution is 2.26. The Morgan fingerprint density at radius 1 is 1.50 bits per heavy atom. The molecule has 9 nitrogen and oxygen atoms in total. The van der Waals surface area contributed by atoms with Crippen LogP contribution in [0.3, 0.4) is 0 Å². The van der Waals surface area contributed by atoms with Crippen molar-refractivity contribution in [1.82, 2.24) is 19.5 Å². The second-order valence-corrected chi connectivity index (χ2v) is 6.60. The van der Waals surface area contributed by atoms with Crippen LogP contribution in [-0.4, -0.2) is 34.1 Å². The molecule has 2 aromatic rings. The molecule has 0 aliphatic carbocycles. The van der Waals surface area contributed by atoms with Crippen LogP contribution < -0.4 is 4.72 Å². The maximum absolute atomic E-state index is 12.3. The van der Waals surface area contributed by atoms with Gasteiger partial charge in [0.25, 0.3) is 5.69 Å². The molecule has 11 heteroatoms.